The van der Waals surface area contributed by atoms with Crippen LogP contribution in [0.4, 0.5) is 4.39 Å². The molecule has 0 spiro atoms. The number of carbonyl (C=O) groups excluding carboxylic acids is 1. The largest absolute Gasteiger partial charge is 0.550 e. The Bertz CT molecular complexity index is 868. The van der Waals surface area contributed by atoms with Gasteiger partial charge in [-0.2, -0.15) is 0 Å². The molecule has 24 heavy (non-hydrogen) atoms. The minimum Gasteiger partial charge on any atom is -0.550 e. The van der Waals surface area contributed by atoms with E-state index < -0.39 is 5.97 Å². The van der Waals surface area contributed by atoms with E-state index in [1.807, 2.05) is 36.4 Å². The van der Waals surface area contributed by atoms with E-state index in [2.05, 4.69) is 4.98 Å². The molecule has 5 heteroatoms. The first-order valence-electron chi connectivity index (χ1n) is 7.64. The zero-order valence-electron chi connectivity index (χ0n) is 12.9. The van der Waals surface area contributed by atoms with Gasteiger partial charge < -0.3 is 9.90 Å². The summed E-state index contributed by atoms with van der Waals surface area (Å²) in [6.07, 6.45) is 2.87. The van der Waals surface area contributed by atoms with E-state index in [0.717, 1.165) is 26.4 Å². The molecule has 1 aromatic heterocycles. The van der Waals surface area contributed by atoms with Gasteiger partial charge in [0.05, 0.1) is 10.2 Å². The van der Waals surface area contributed by atoms with Crippen LogP contribution >= 0.6 is 11.3 Å². The molecular weight excluding hydrogens is 325 g/mol. The van der Waals surface area contributed by atoms with Gasteiger partial charge in [0.25, 0.3) is 0 Å². The number of carboxylic acid groups (broad SMARTS) is 1. The van der Waals surface area contributed by atoms with Gasteiger partial charge in [0.15, 0.2) is 0 Å². The second-order valence-corrected chi connectivity index (χ2v) is 6.47. The number of hydrogen-bond acceptors (Lipinski definition) is 4. The molecule has 0 unspecified atom stereocenters. The number of carbonyl (C=O) groups is 1. The highest BCUT2D eigenvalue weighted by Gasteiger charge is 2.09. The summed E-state index contributed by atoms with van der Waals surface area (Å²) in [4.78, 5) is 15.3. The lowest BCUT2D eigenvalue weighted by molar-refractivity contribution is -0.305. The summed E-state index contributed by atoms with van der Waals surface area (Å²) in [5.41, 5.74) is 2.54. The molecule has 0 saturated carbocycles. The maximum atomic E-state index is 13.4. The number of para-hydroxylation sites is 1. The molecule has 2 aromatic carbocycles. The first kappa shape index (κ1) is 16.3. The number of rotatable bonds is 6. The lowest BCUT2D eigenvalue weighted by Gasteiger charge is -2.06. The Morgan fingerprint density at radius 3 is 2.75 bits per heavy atom. The molecule has 1 heterocycles. The Kier molecular flexibility index (Phi) is 5.01. The van der Waals surface area contributed by atoms with E-state index in [1.165, 1.54) is 12.1 Å². The highest BCUT2D eigenvalue weighted by Crippen LogP contribution is 2.31. The molecule has 3 rings (SSSR count). The van der Waals surface area contributed by atoms with Crippen LogP contribution in [0.25, 0.3) is 21.9 Å². The number of aliphatic carboxylic acids is 1. The van der Waals surface area contributed by atoms with Crippen molar-refractivity contribution in [2.45, 2.75) is 19.3 Å². The van der Waals surface area contributed by atoms with E-state index in [-0.39, 0.29) is 12.2 Å². The normalized spacial score (nSPS) is 11.8. The summed E-state index contributed by atoms with van der Waals surface area (Å²) in [7, 11) is 0. The van der Waals surface area contributed by atoms with Crippen LogP contribution in [0.5, 0.6) is 0 Å². The monoisotopic (exact) mass is 340 g/mol. The number of thiazole rings is 1. The minimum atomic E-state index is -1.07. The molecular formula is C19H15FNO2S-. The van der Waals surface area contributed by atoms with Crippen molar-refractivity contribution in [3.8, 4) is 0 Å². The van der Waals surface area contributed by atoms with Gasteiger partial charge in [0.2, 0.25) is 0 Å². The van der Waals surface area contributed by atoms with Crippen molar-refractivity contribution in [2.24, 2.45) is 0 Å². The summed E-state index contributed by atoms with van der Waals surface area (Å²) in [6, 6.07) is 14.1. The highest BCUT2D eigenvalue weighted by atomic mass is 32.1. The number of nitrogens with zero attached hydrogens (tertiary/aromatic N) is 1. The van der Waals surface area contributed by atoms with E-state index >= 15 is 0 Å². The van der Waals surface area contributed by atoms with Gasteiger partial charge in [-0.25, -0.2) is 9.37 Å². The summed E-state index contributed by atoms with van der Waals surface area (Å²) >= 11 is 1.55. The summed E-state index contributed by atoms with van der Waals surface area (Å²) < 4.78 is 14.5. The fourth-order valence-corrected chi connectivity index (χ4v) is 3.48. The predicted molar refractivity (Wildman–Crippen MR) is 92.7 cm³/mol. The molecule has 0 fully saturated rings. The van der Waals surface area contributed by atoms with E-state index in [9.17, 15) is 14.3 Å². The van der Waals surface area contributed by atoms with Crippen LogP contribution in [0.1, 0.15) is 29.8 Å². The van der Waals surface area contributed by atoms with E-state index in [0.29, 0.717) is 12.8 Å². The lowest BCUT2D eigenvalue weighted by Crippen LogP contribution is -2.21. The fraction of sp³-hybridized carbons (Fsp3) is 0.158. The third-order valence-electron chi connectivity index (χ3n) is 3.59. The summed E-state index contributed by atoms with van der Waals surface area (Å²) in [6.45, 7) is 0. The van der Waals surface area contributed by atoms with Gasteiger partial charge in [-0.3, -0.25) is 0 Å². The predicted octanol–water partition coefficient (Wildman–Crippen LogP) is 3.90. The van der Waals surface area contributed by atoms with Crippen molar-refractivity contribution in [1.29, 1.82) is 0 Å². The van der Waals surface area contributed by atoms with Gasteiger partial charge >= 0.3 is 0 Å². The number of allylic oxidation sites excluding steroid dienone is 1. The SMILES string of the molecule is O=C([O-])CCC/C(=C\c1cccc(F)c1)c1nc2ccccc2s1. The third kappa shape index (κ3) is 4.06. The maximum absolute atomic E-state index is 13.4. The molecule has 0 bridgehead atoms. The zero-order valence-corrected chi connectivity index (χ0v) is 13.7. The first-order chi connectivity index (χ1) is 11.6. The second-order valence-electron chi connectivity index (χ2n) is 5.44. The number of aromatic nitrogens is 1. The Labute approximate surface area is 143 Å². The van der Waals surface area contributed by atoms with Crippen LogP contribution in [-0.4, -0.2) is 11.0 Å². The topological polar surface area (TPSA) is 53.0 Å². The van der Waals surface area contributed by atoms with Crippen LogP contribution in [0.15, 0.2) is 48.5 Å². The van der Waals surface area contributed by atoms with Crippen LogP contribution in [0.2, 0.25) is 0 Å². The molecule has 3 nitrogen and oxygen atoms in total. The number of benzene rings is 2. The molecule has 0 radical (unpaired) electrons. The van der Waals surface area contributed by atoms with Crippen molar-refractivity contribution < 1.29 is 14.3 Å². The smallest absolute Gasteiger partial charge is 0.123 e. The molecule has 122 valence electrons. The number of hydrogen-bond donors (Lipinski definition) is 0. The molecule has 0 amide bonds. The standard InChI is InChI=1S/C19H16FNO2S/c20-15-7-3-5-13(12-15)11-14(6-4-10-18(22)23)19-21-16-8-1-2-9-17(16)24-19/h1-3,5,7-9,11-12H,4,6,10H2,(H,22,23)/p-1/b14-11+. The van der Waals surface area contributed by atoms with Gasteiger partial charge in [-0.15, -0.1) is 11.3 Å². The van der Waals surface area contributed by atoms with Crippen LogP contribution in [-0.2, 0) is 4.79 Å². The molecule has 0 N–H and O–H groups in total. The van der Waals surface area contributed by atoms with Crippen LogP contribution in [0, 0.1) is 5.82 Å². The molecule has 0 saturated heterocycles. The van der Waals surface area contributed by atoms with Crippen molar-refractivity contribution in [2.75, 3.05) is 0 Å². The number of fused-ring (bicyclic) bond motifs is 1. The van der Waals surface area contributed by atoms with E-state index in [4.69, 9.17) is 0 Å². The first-order valence-corrected chi connectivity index (χ1v) is 8.45. The van der Waals surface area contributed by atoms with Crippen molar-refractivity contribution in [3.63, 3.8) is 0 Å². The quantitative estimate of drug-likeness (QED) is 0.684. The summed E-state index contributed by atoms with van der Waals surface area (Å²) in [5.74, 6) is -1.37. The van der Waals surface area contributed by atoms with Crippen molar-refractivity contribution >= 4 is 39.2 Å². The molecule has 0 atom stereocenters. The van der Waals surface area contributed by atoms with Crippen LogP contribution < -0.4 is 5.11 Å². The van der Waals surface area contributed by atoms with Gasteiger partial charge in [0, 0.05) is 5.97 Å². The Hall–Kier alpha value is -2.53. The van der Waals surface area contributed by atoms with Crippen LogP contribution in [0.3, 0.4) is 0 Å². The van der Waals surface area contributed by atoms with Gasteiger partial charge in [-0.1, -0.05) is 24.3 Å². The average molecular weight is 340 g/mol. The molecule has 0 aliphatic rings. The second kappa shape index (κ2) is 7.36. The lowest BCUT2D eigenvalue weighted by atomic mass is 10.1. The maximum Gasteiger partial charge on any atom is 0.123 e. The van der Waals surface area contributed by atoms with E-state index in [1.54, 1.807) is 17.4 Å². The third-order valence-corrected chi connectivity index (χ3v) is 4.70. The fourth-order valence-electron chi connectivity index (χ4n) is 2.47. The number of halogens is 1. The molecule has 0 aliphatic heterocycles. The Morgan fingerprint density at radius 1 is 1.17 bits per heavy atom. The molecule has 0 aliphatic carbocycles. The summed E-state index contributed by atoms with van der Waals surface area (Å²) in [5, 5.41) is 11.5. The minimum absolute atomic E-state index is 0.00855. The van der Waals surface area contributed by atoms with Gasteiger partial charge in [-0.05, 0) is 60.7 Å². The van der Waals surface area contributed by atoms with Crippen molar-refractivity contribution in [3.05, 3.63) is 64.9 Å². The van der Waals surface area contributed by atoms with Gasteiger partial charge in [0.1, 0.15) is 10.8 Å². The molecule has 3 aromatic rings. The average Bonchev–Trinajstić information content (AvgIpc) is 2.97. The zero-order chi connectivity index (χ0) is 16.9. The number of carboxylic acids is 1. The Balaban J connectivity index is 1.95. The highest BCUT2D eigenvalue weighted by molar-refractivity contribution is 7.19. The van der Waals surface area contributed by atoms with Crippen molar-refractivity contribution in [1.82, 2.24) is 4.98 Å². The Morgan fingerprint density at radius 2 is 2.00 bits per heavy atom.